The van der Waals surface area contributed by atoms with Gasteiger partial charge in [-0.15, -0.1) is 0 Å². The Morgan fingerprint density at radius 1 is 1.17 bits per heavy atom. The van der Waals surface area contributed by atoms with E-state index in [-0.39, 0.29) is 17.3 Å². The maximum atomic E-state index is 12.3. The van der Waals surface area contributed by atoms with E-state index in [4.69, 9.17) is 0 Å². The molecule has 0 unspecified atom stereocenters. The van der Waals surface area contributed by atoms with Gasteiger partial charge < -0.3 is 10.4 Å². The quantitative estimate of drug-likeness (QED) is 0.472. The van der Waals surface area contributed by atoms with Crippen molar-refractivity contribution < 1.29 is 14.8 Å². The molecule has 2 aromatic carbocycles. The van der Waals surface area contributed by atoms with Gasteiger partial charge in [-0.2, -0.15) is 5.10 Å². The number of nitrogens with one attached hydrogen (secondary N) is 1. The molecule has 150 valence electrons. The molecule has 0 aliphatic carbocycles. The van der Waals surface area contributed by atoms with Crippen LogP contribution >= 0.6 is 0 Å². The van der Waals surface area contributed by atoms with Crippen LogP contribution in [0, 0.1) is 24.0 Å². The second-order valence-corrected chi connectivity index (χ2v) is 6.81. The first-order valence-electron chi connectivity index (χ1n) is 9.18. The SMILES string of the molecule is Cc1nn(Cc2ccc(C(=O)NCCc3cccc(O)c3)cc2)c(C)c1[N+](=O)[O-]. The van der Waals surface area contributed by atoms with Crippen LogP contribution in [-0.4, -0.2) is 32.3 Å². The van der Waals surface area contributed by atoms with Crippen molar-refractivity contribution in [2.45, 2.75) is 26.8 Å². The summed E-state index contributed by atoms with van der Waals surface area (Å²) in [4.78, 5) is 23.0. The number of hydrogen-bond acceptors (Lipinski definition) is 5. The van der Waals surface area contributed by atoms with Crippen LogP contribution in [0.5, 0.6) is 5.75 Å². The minimum Gasteiger partial charge on any atom is -0.508 e. The van der Waals surface area contributed by atoms with Crippen molar-refractivity contribution in [2.75, 3.05) is 6.54 Å². The van der Waals surface area contributed by atoms with Gasteiger partial charge in [-0.25, -0.2) is 0 Å². The third kappa shape index (κ3) is 4.78. The van der Waals surface area contributed by atoms with Gasteiger partial charge in [-0.05, 0) is 55.7 Å². The second kappa shape index (κ2) is 8.55. The van der Waals surface area contributed by atoms with E-state index in [0.717, 1.165) is 11.1 Å². The van der Waals surface area contributed by atoms with Crippen molar-refractivity contribution in [1.29, 1.82) is 0 Å². The van der Waals surface area contributed by atoms with E-state index in [1.807, 2.05) is 18.2 Å². The first-order valence-corrected chi connectivity index (χ1v) is 9.18. The summed E-state index contributed by atoms with van der Waals surface area (Å²) in [6, 6.07) is 14.0. The zero-order chi connectivity index (χ0) is 21.0. The molecule has 0 fully saturated rings. The van der Waals surface area contributed by atoms with Gasteiger partial charge >= 0.3 is 5.69 Å². The predicted molar refractivity (Wildman–Crippen MR) is 108 cm³/mol. The number of hydrogen-bond donors (Lipinski definition) is 2. The van der Waals surface area contributed by atoms with Crippen molar-refractivity contribution in [3.8, 4) is 5.75 Å². The number of aromatic hydroxyl groups is 1. The van der Waals surface area contributed by atoms with Crippen LogP contribution in [0.15, 0.2) is 48.5 Å². The van der Waals surface area contributed by atoms with Crippen molar-refractivity contribution in [1.82, 2.24) is 15.1 Å². The smallest absolute Gasteiger partial charge is 0.312 e. The molecule has 8 nitrogen and oxygen atoms in total. The predicted octanol–water partition coefficient (Wildman–Crippen LogP) is 3.13. The lowest BCUT2D eigenvalue weighted by molar-refractivity contribution is -0.386. The zero-order valence-electron chi connectivity index (χ0n) is 16.3. The lowest BCUT2D eigenvalue weighted by Gasteiger charge is -2.08. The first kappa shape index (κ1) is 20.1. The Labute approximate surface area is 168 Å². The topological polar surface area (TPSA) is 110 Å². The molecular weight excluding hydrogens is 372 g/mol. The molecule has 29 heavy (non-hydrogen) atoms. The average molecular weight is 394 g/mol. The van der Waals surface area contributed by atoms with Crippen molar-refractivity contribution >= 4 is 11.6 Å². The van der Waals surface area contributed by atoms with E-state index in [1.165, 1.54) is 0 Å². The van der Waals surface area contributed by atoms with Gasteiger partial charge in [0.25, 0.3) is 5.91 Å². The Bertz CT molecular complexity index is 1040. The zero-order valence-corrected chi connectivity index (χ0v) is 16.3. The number of phenols is 1. The molecule has 0 saturated heterocycles. The third-order valence-electron chi connectivity index (χ3n) is 4.68. The summed E-state index contributed by atoms with van der Waals surface area (Å²) in [6.45, 7) is 4.14. The summed E-state index contributed by atoms with van der Waals surface area (Å²) < 4.78 is 1.60. The van der Waals surface area contributed by atoms with E-state index in [9.17, 15) is 20.0 Å². The molecule has 3 aromatic rings. The monoisotopic (exact) mass is 394 g/mol. The average Bonchev–Trinajstić information content (AvgIpc) is 2.95. The molecule has 1 amide bonds. The van der Waals surface area contributed by atoms with Crippen molar-refractivity contribution in [3.05, 3.63) is 86.7 Å². The molecule has 2 N–H and O–H groups in total. The number of aryl methyl sites for hydroxylation is 1. The normalized spacial score (nSPS) is 10.7. The van der Waals surface area contributed by atoms with Gasteiger partial charge in [0.2, 0.25) is 0 Å². The lowest BCUT2D eigenvalue weighted by Crippen LogP contribution is -2.25. The van der Waals surface area contributed by atoms with Gasteiger partial charge in [0, 0.05) is 12.1 Å². The largest absolute Gasteiger partial charge is 0.508 e. The van der Waals surface area contributed by atoms with Gasteiger partial charge in [-0.1, -0.05) is 24.3 Å². The molecule has 1 heterocycles. The summed E-state index contributed by atoms with van der Waals surface area (Å²) in [5.41, 5.74) is 3.29. The minimum atomic E-state index is -0.418. The Balaban J connectivity index is 1.59. The van der Waals surface area contributed by atoms with E-state index >= 15 is 0 Å². The molecule has 1 aromatic heterocycles. The molecule has 0 saturated carbocycles. The second-order valence-electron chi connectivity index (χ2n) is 6.81. The maximum Gasteiger partial charge on any atom is 0.312 e. The van der Waals surface area contributed by atoms with Crippen LogP contribution in [0.4, 0.5) is 5.69 Å². The lowest BCUT2D eigenvalue weighted by atomic mass is 10.1. The molecule has 0 bridgehead atoms. The fraction of sp³-hybridized carbons (Fsp3) is 0.238. The number of amides is 1. The van der Waals surface area contributed by atoms with Gasteiger partial charge in [0.15, 0.2) is 0 Å². The minimum absolute atomic E-state index is 0.0349. The molecule has 0 aliphatic rings. The van der Waals surface area contributed by atoms with Crippen molar-refractivity contribution in [2.24, 2.45) is 0 Å². The Hall–Kier alpha value is -3.68. The first-order chi connectivity index (χ1) is 13.8. The highest BCUT2D eigenvalue weighted by atomic mass is 16.6. The van der Waals surface area contributed by atoms with E-state index in [0.29, 0.717) is 36.5 Å². The number of nitrogens with zero attached hydrogens (tertiary/aromatic N) is 3. The number of phenolic OH excluding ortho intramolecular Hbond substituents is 1. The Kier molecular flexibility index (Phi) is 5.92. The number of carbonyl (C=O) groups is 1. The van der Waals surface area contributed by atoms with E-state index < -0.39 is 4.92 Å². The Morgan fingerprint density at radius 2 is 1.90 bits per heavy atom. The van der Waals surface area contributed by atoms with E-state index in [2.05, 4.69) is 10.4 Å². The number of carbonyl (C=O) groups excluding carboxylic acids is 1. The number of nitro groups is 1. The summed E-state index contributed by atoms with van der Waals surface area (Å²) in [5, 5.41) is 27.7. The highest BCUT2D eigenvalue weighted by molar-refractivity contribution is 5.94. The van der Waals surface area contributed by atoms with Crippen LogP contribution in [0.3, 0.4) is 0 Å². The van der Waals surface area contributed by atoms with Gasteiger partial charge in [-0.3, -0.25) is 19.6 Å². The van der Waals surface area contributed by atoms with Crippen LogP contribution in [-0.2, 0) is 13.0 Å². The molecule has 8 heteroatoms. The summed E-state index contributed by atoms with van der Waals surface area (Å²) in [6.07, 6.45) is 0.620. The highest BCUT2D eigenvalue weighted by Gasteiger charge is 2.21. The Morgan fingerprint density at radius 3 is 2.52 bits per heavy atom. The van der Waals surface area contributed by atoms with Crippen LogP contribution in [0.25, 0.3) is 0 Å². The molecule has 3 rings (SSSR count). The summed E-state index contributed by atoms with van der Waals surface area (Å²) in [7, 11) is 0. The summed E-state index contributed by atoms with van der Waals surface area (Å²) in [5.74, 6) is 0.0239. The highest BCUT2D eigenvalue weighted by Crippen LogP contribution is 2.22. The number of rotatable bonds is 7. The maximum absolute atomic E-state index is 12.3. The summed E-state index contributed by atoms with van der Waals surface area (Å²) >= 11 is 0. The molecular formula is C21H22N4O4. The standard InChI is InChI=1S/C21H22N4O4/c1-14-20(25(28)29)15(2)24(23-14)13-17-6-8-18(9-7-17)21(27)22-11-10-16-4-3-5-19(26)12-16/h3-9,12,26H,10-11,13H2,1-2H3,(H,22,27). The third-order valence-corrected chi connectivity index (χ3v) is 4.68. The van der Waals surface area contributed by atoms with Gasteiger partial charge in [0.1, 0.15) is 17.1 Å². The molecule has 0 radical (unpaired) electrons. The van der Waals surface area contributed by atoms with Gasteiger partial charge in [0.05, 0.1) is 11.5 Å². The van der Waals surface area contributed by atoms with Crippen LogP contribution in [0.2, 0.25) is 0 Å². The number of benzene rings is 2. The van der Waals surface area contributed by atoms with Crippen LogP contribution < -0.4 is 5.32 Å². The van der Waals surface area contributed by atoms with E-state index in [1.54, 1.807) is 48.9 Å². The number of aromatic nitrogens is 2. The van der Waals surface area contributed by atoms with Crippen LogP contribution in [0.1, 0.15) is 32.9 Å². The molecule has 0 aliphatic heterocycles. The molecule has 0 atom stereocenters. The fourth-order valence-electron chi connectivity index (χ4n) is 3.17. The fourth-order valence-corrected chi connectivity index (χ4v) is 3.17. The molecule has 0 spiro atoms. The van der Waals surface area contributed by atoms with Crippen molar-refractivity contribution in [3.63, 3.8) is 0 Å².